The molecule has 4 aliphatic carbocycles. The fraction of sp³-hybridized carbons (Fsp3) is 0.826. The fourth-order valence-electron chi connectivity index (χ4n) is 7.72. The molecule has 3 heteroatoms. The van der Waals surface area contributed by atoms with Crippen LogP contribution in [0.1, 0.15) is 78.6 Å². The largest absolute Gasteiger partial charge is 0.463 e. The van der Waals surface area contributed by atoms with Gasteiger partial charge in [-0.25, -0.2) is 0 Å². The average molecular weight is 356 g/mol. The molecule has 0 aliphatic heterocycles. The minimum absolute atomic E-state index is 0.122. The molecule has 0 amide bonds. The van der Waals surface area contributed by atoms with E-state index in [-0.39, 0.29) is 17.5 Å². The molecule has 0 bridgehead atoms. The number of carbonyl (C=O) groups excluding carboxylic acids is 1. The lowest BCUT2D eigenvalue weighted by molar-refractivity contribution is -0.158. The van der Waals surface area contributed by atoms with E-state index >= 15 is 0 Å². The normalized spacial score (nSPS) is 48.8. The molecule has 4 aliphatic rings. The minimum atomic E-state index is -0.122. The predicted molar refractivity (Wildman–Crippen MR) is 101 cm³/mol. The van der Waals surface area contributed by atoms with Crippen molar-refractivity contribution in [1.82, 2.24) is 0 Å². The van der Waals surface area contributed by atoms with Crippen molar-refractivity contribution in [2.75, 3.05) is 0 Å². The molecule has 0 heterocycles. The third-order valence-electron chi connectivity index (χ3n) is 9.04. The van der Waals surface area contributed by atoms with Crippen molar-refractivity contribution in [1.29, 1.82) is 5.26 Å². The Morgan fingerprint density at radius 1 is 1.15 bits per heavy atom. The Bertz CT molecular complexity index is 662. The number of fused-ring (bicyclic) bond motifs is 5. The summed E-state index contributed by atoms with van der Waals surface area (Å²) in [6.45, 7) is 6.53. The van der Waals surface area contributed by atoms with Gasteiger partial charge in [0.1, 0.15) is 6.10 Å². The Balaban J connectivity index is 1.55. The van der Waals surface area contributed by atoms with Crippen LogP contribution in [0.25, 0.3) is 0 Å². The van der Waals surface area contributed by atoms with E-state index in [1.807, 2.05) is 6.08 Å². The lowest BCUT2D eigenvalue weighted by atomic mass is 9.45. The van der Waals surface area contributed by atoms with Crippen molar-refractivity contribution in [3.63, 3.8) is 0 Å². The van der Waals surface area contributed by atoms with Gasteiger partial charge in [-0.2, -0.15) is 5.26 Å². The second-order valence-corrected chi connectivity index (χ2v) is 9.96. The lowest BCUT2D eigenvalue weighted by Gasteiger charge is -2.60. The summed E-state index contributed by atoms with van der Waals surface area (Å²) in [6.07, 6.45) is 12.9. The van der Waals surface area contributed by atoms with E-state index in [2.05, 4.69) is 19.9 Å². The van der Waals surface area contributed by atoms with Crippen LogP contribution in [0.3, 0.4) is 0 Å². The summed E-state index contributed by atoms with van der Waals surface area (Å²) < 4.78 is 5.57. The van der Waals surface area contributed by atoms with Gasteiger partial charge in [0.15, 0.2) is 0 Å². The first-order valence-electron chi connectivity index (χ1n) is 10.6. The van der Waals surface area contributed by atoms with Crippen LogP contribution in [-0.4, -0.2) is 12.1 Å². The summed E-state index contributed by atoms with van der Waals surface area (Å²) in [6, 6.07) is 2.31. The second-order valence-electron chi connectivity index (χ2n) is 9.96. The summed E-state index contributed by atoms with van der Waals surface area (Å²) in [5.74, 6) is 3.00. The van der Waals surface area contributed by atoms with E-state index in [0.717, 1.165) is 37.0 Å². The highest BCUT2D eigenvalue weighted by Crippen LogP contribution is 2.67. The number of hydrogen-bond donors (Lipinski definition) is 0. The van der Waals surface area contributed by atoms with Gasteiger partial charge in [0.25, 0.3) is 0 Å². The zero-order valence-electron chi connectivity index (χ0n) is 16.6. The number of nitrogens with zero attached hydrogens (tertiary/aromatic N) is 1. The summed E-state index contributed by atoms with van der Waals surface area (Å²) in [4.78, 5) is 11.4. The smallest absolute Gasteiger partial charge is 0.302 e. The number of rotatable bonds is 1. The molecule has 0 aromatic carbocycles. The zero-order chi connectivity index (χ0) is 18.5. The number of nitriles is 1. The van der Waals surface area contributed by atoms with Gasteiger partial charge in [-0.05, 0) is 92.3 Å². The van der Waals surface area contributed by atoms with Crippen LogP contribution >= 0.6 is 0 Å². The predicted octanol–water partition coefficient (Wildman–Crippen LogP) is 5.41. The summed E-state index contributed by atoms with van der Waals surface area (Å²) in [5, 5.41) is 9.18. The van der Waals surface area contributed by atoms with Gasteiger partial charge < -0.3 is 4.74 Å². The van der Waals surface area contributed by atoms with E-state index in [1.54, 1.807) is 6.92 Å². The van der Waals surface area contributed by atoms with Crippen molar-refractivity contribution >= 4 is 5.97 Å². The molecule has 26 heavy (non-hydrogen) atoms. The highest BCUT2D eigenvalue weighted by atomic mass is 16.5. The number of ether oxygens (including phenoxy) is 1. The van der Waals surface area contributed by atoms with E-state index in [0.29, 0.717) is 11.3 Å². The van der Waals surface area contributed by atoms with Gasteiger partial charge in [0, 0.05) is 13.0 Å². The first kappa shape index (κ1) is 18.1. The second kappa shape index (κ2) is 6.39. The van der Waals surface area contributed by atoms with E-state index in [1.165, 1.54) is 44.1 Å². The van der Waals surface area contributed by atoms with E-state index in [9.17, 15) is 10.1 Å². The van der Waals surface area contributed by atoms with Crippen molar-refractivity contribution in [3.05, 3.63) is 11.6 Å². The standard InChI is InChI=1S/C23H33NO2/c1-15(25)26-18-8-11-23(3)17(14-18)4-6-19-20-7-5-16(10-13-24)22(20,2)12-9-21(19)23/h10,17-21H,4-9,11-12,14H2,1-3H3/b16-10-/t17-,18-,19+,20+,21+,22-,23+/m1/s1. The van der Waals surface area contributed by atoms with Gasteiger partial charge in [-0.15, -0.1) is 0 Å². The lowest BCUT2D eigenvalue weighted by Crippen LogP contribution is -2.53. The molecule has 0 unspecified atom stereocenters. The molecule has 0 N–H and O–H groups in total. The molecular formula is C23H33NO2. The number of carbonyl (C=O) groups is 1. The maximum atomic E-state index is 11.4. The van der Waals surface area contributed by atoms with E-state index < -0.39 is 0 Å². The topological polar surface area (TPSA) is 50.1 Å². The summed E-state index contributed by atoms with van der Waals surface area (Å²) in [7, 11) is 0. The van der Waals surface area contributed by atoms with Crippen LogP contribution < -0.4 is 0 Å². The SMILES string of the molecule is CC(=O)O[C@@H]1CC[C@@]2(C)[C@H](CC[C@@H]3[C@@H]2CC[C@]2(C)/C(=C\C#N)CC[C@@H]32)C1. The van der Waals surface area contributed by atoms with Crippen LogP contribution in [-0.2, 0) is 9.53 Å². The number of esters is 1. The molecule has 0 spiro atoms. The van der Waals surface area contributed by atoms with Crippen LogP contribution in [0, 0.1) is 45.8 Å². The minimum Gasteiger partial charge on any atom is -0.463 e. The molecule has 4 fully saturated rings. The Morgan fingerprint density at radius 2 is 1.96 bits per heavy atom. The quantitative estimate of drug-likeness (QED) is 0.467. The van der Waals surface area contributed by atoms with Gasteiger partial charge in [-0.1, -0.05) is 19.4 Å². The summed E-state index contributed by atoms with van der Waals surface area (Å²) in [5.41, 5.74) is 2.12. The first-order valence-corrected chi connectivity index (χ1v) is 10.6. The van der Waals surface area contributed by atoms with E-state index in [4.69, 9.17) is 4.74 Å². The van der Waals surface area contributed by atoms with Gasteiger partial charge >= 0.3 is 5.97 Å². The zero-order valence-corrected chi connectivity index (χ0v) is 16.6. The van der Waals surface area contributed by atoms with Gasteiger partial charge in [0.05, 0.1) is 6.07 Å². The molecule has 7 atom stereocenters. The fourth-order valence-corrected chi connectivity index (χ4v) is 7.72. The monoisotopic (exact) mass is 355 g/mol. The third-order valence-corrected chi connectivity index (χ3v) is 9.04. The van der Waals surface area contributed by atoms with Crippen molar-refractivity contribution < 1.29 is 9.53 Å². The molecular weight excluding hydrogens is 322 g/mol. The number of hydrogen-bond acceptors (Lipinski definition) is 3. The van der Waals surface area contributed by atoms with Gasteiger partial charge in [-0.3, -0.25) is 4.79 Å². The molecule has 142 valence electrons. The average Bonchev–Trinajstić information content (AvgIpc) is 2.92. The molecule has 0 radical (unpaired) electrons. The van der Waals surface area contributed by atoms with Crippen molar-refractivity contribution in [2.45, 2.75) is 84.7 Å². The molecule has 0 aromatic rings. The highest BCUT2D eigenvalue weighted by Gasteiger charge is 2.59. The van der Waals surface area contributed by atoms with Gasteiger partial charge in [0.2, 0.25) is 0 Å². The maximum Gasteiger partial charge on any atom is 0.302 e. The van der Waals surface area contributed by atoms with Crippen LogP contribution in [0.4, 0.5) is 0 Å². The molecule has 4 rings (SSSR count). The van der Waals surface area contributed by atoms with Crippen LogP contribution in [0.15, 0.2) is 11.6 Å². The van der Waals surface area contributed by atoms with Crippen LogP contribution in [0.2, 0.25) is 0 Å². The van der Waals surface area contributed by atoms with Crippen molar-refractivity contribution in [3.8, 4) is 6.07 Å². The molecule has 0 saturated heterocycles. The molecule has 4 saturated carbocycles. The van der Waals surface area contributed by atoms with Crippen molar-refractivity contribution in [2.24, 2.45) is 34.5 Å². The first-order chi connectivity index (χ1) is 12.4. The Kier molecular flexibility index (Phi) is 4.45. The molecule has 0 aromatic heterocycles. The Morgan fingerprint density at radius 3 is 2.69 bits per heavy atom. The number of allylic oxidation sites excluding steroid dienone is 2. The Labute approximate surface area is 158 Å². The Hall–Kier alpha value is -1.30. The highest BCUT2D eigenvalue weighted by molar-refractivity contribution is 5.66. The van der Waals surface area contributed by atoms with Crippen LogP contribution in [0.5, 0.6) is 0 Å². The summed E-state index contributed by atoms with van der Waals surface area (Å²) >= 11 is 0. The third kappa shape index (κ3) is 2.63. The maximum absolute atomic E-state index is 11.4. The molecule has 3 nitrogen and oxygen atoms in total.